The molecule has 1 N–H and O–H groups in total. The van der Waals surface area contributed by atoms with Crippen molar-refractivity contribution in [1.82, 2.24) is 20.0 Å². The Balaban J connectivity index is 0.00000261. The second-order valence-corrected chi connectivity index (χ2v) is 8.62. The smallest absolute Gasteiger partial charge is 0.410 e. The molecule has 2 atom stereocenters. The van der Waals surface area contributed by atoms with E-state index in [0.717, 1.165) is 32.0 Å². The van der Waals surface area contributed by atoms with Crippen molar-refractivity contribution in [3.8, 4) is 0 Å². The van der Waals surface area contributed by atoms with Crippen LogP contribution in [-0.2, 0) is 4.74 Å². The number of carbonyl (C=O) groups excluding carboxylic acids is 1. The van der Waals surface area contributed by atoms with E-state index in [1.165, 1.54) is 25.9 Å². The van der Waals surface area contributed by atoms with Gasteiger partial charge in [0.1, 0.15) is 5.60 Å². The Hall–Kier alpha value is -0.770. The van der Waals surface area contributed by atoms with Gasteiger partial charge in [0.15, 0.2) is 5.96 Å². The molecular weight excluding hydrogens is 457 g/mol. The molecule has 0 aromatic carbocycles. The number of nitrogens with one attached hydrogen (secondary N) is 1. The average molecular weight is 493 g/mol. The summed E-state index contributed by atoms with van der Waals surface area (Å²) in [6.07, 6.45) is 3.60. The van der Waals surface area contributed by atoms with E-state index in [2.05, 4.69) is 22.0 Å². The Morgan fingerprint density at radius 3 is 2.59 bits per heavy atom. The summed E-state index contributed by atoms with van der Waals surface area (Å²) in [5.74, 6) is 1.01. The van der Waals surface area contributed by atoms with Gasteiger partial charge in [0.05, 0.1) is 12.6 Å². The number of rotatable bonds is 4. The number of likely N-dealkylation sites (tertiary alicyclic amines) is 1. The lowest BCUT2D eigenvalue weighted by Gasteiger charge is -2.39. The van der Waals surface area contributed by atoms with Gasteiger partial charge in [-0.15, -0.1) is 24.0 Å². The van der Waals surface area contributed by atoms with Gasteiger partial charge in [0.2, 0.25) is 0 Å². The van der Waals surface area contributed by atoms with E-state index in [0.29, 0.717) is 19.1 Å². The molecule has 0 radical (unpaired) electrons. The molecule has 3 aliphatic rings. The van der Waals surface area contributed by atoms with Crippen molar-refractivity contribution < 1.29 is 9.53 Å². The summed E-state index contributed by atoms with van der Waals surface area (Å²) >= 11 is 0. The van der Waals surface area contributed by atoms with Gasteiger partial charge < -0.3 is 19.9 Å². The van der Waals surface area contributed by atoms with E-state index in [1.807, 2.05) is 25.7 Å². The number of piperazine rings is 1. The Morgan fingerprint density at radius 2 is 1.96 bits per heavy atom. The maximum Gasteiger partial charge on any atom is 0.410 e. The van der Waals surface area contributed by atoms with E-state index in [1.54, 1.807) is 0 Å². The third-order valence-electron chi connectivity index (χ3n) is 5.48. The molecule has 0 aliphatic carbocycles. The van der Waals surface area contributed by atoms with Crippen LogP contribution < -0.4 is 5.32 Å². The number of aliphatic imine (C=N–C) groups is 1. The summed E-state index contributed by atoms with van der Waals surface area (Å²) in [5.41, 5.74) is -0.447. The molecule has 3 rings (SSSR count). The van der Waals surface area contributed by atoms with Crippen molar-refractivity contribution in [2.75, 3.05) is 45.8 Å². The van der Waals surface area contributed by atoms with E-state index in [9.17, 15) is 4.79 Å². The summed E-state index contributed by atoms with van der Waals surface area (Å²) in [4.78, 5) is 23.8. The minimum atomic E-state index is -0.447. The van der Waals surface area contributed by atoms with Crippen LogP contribution in [0.3, 0.4) is 0 Å². The Morgan fingerprint density at radius 1 is 1.26 bits per heavy atom. The fraction of sp³-hybridized carbons (Fsp3) is 0.895. The molecule has 0 aromatic heterocycles. The van der Waals surface area contributed by atoms with Crippen LogP contribution in [0.1, 0.15) is 47.0 Å². The van der Waals surface area contributed by atoms with Gasteiger partial charge in [0, 0.05) is 32.2 Å². The molecule has 27 heavy (non-hydrogen) atoms. The number of amides is 1. The molecule has 0 aromatic rings. The highest BCUT2D eigenvalue weighted by Gasteiger charge is 2.36. The lowest BCUT2D eigenvalue weighted by Crippen LogP contribution is -2.58. The Bertz CT molecular complexity index is 531. The van der Waals surface area contributed by atoms with Crippen molar-refractivity contribution in [2.24, 2.45) is 4.99 Å². The van der Waals surface area contributed by atoms with Gasteiger partial charge in [-0.2, -0.15) is 0 Å². The molecule has 3 aliphatic heterocycles. The molecular formula is C19H36IN5O2. The molecule has 0 saturated carbocycles. The van der Waals surface area contributed by atoms with Crippen molar-refractivity contribution in [1.29, 1.82) is 0 Å². The number of fused-ring (bicyclic) bond motifs is 1. The van der Waals surface area contributed by atoms with Crippen LogP contribution in [0.5, 0.6) is 0 Å². The number of nitrogens with zero attached hydrogens (tertiary/aromatic N) is 4. The topological polar surface area (TPSA) is 60.4 Å². The third-order valence-corrected chi connectivity index (χ3v) is 5.48. The second kappa shape index (κ2) is 9.62. The highest BCUT2D eigenvalue weighted by molar-refractivity contribution is 14.0. The highest BCUT2D eigenvalue weighted by Crippen LogP contribution is 2.19. The van der Waals surface area contributed by atoms with Crippen molar-refractivity contribution in [3.05, 3.63) is 0 Å². The first kappa shape index (κ1) is 22.5. The van der Waals surface area contributed by atoms with Crippen LogP contribution in [0.15, 0.2) is 4.99 Å². The zero-order valence-electron chi connectivity index (χ0n) is 17.2. The quantitative estimate of drug-likeness (QED) is 0.610. The number of hydrogen-bond donors (Lipinski definition) is 1. The largest absolute Gasteiger partial charge is 0.444 e. The number of hydrogen-bond acceptors (Lipinski definition) is 6. The van der Waals surface area contributed by atoms with Crippen LogP contribution in [0.2, 0.25) is 0 Å². The molecule has 7 nitrogen and oxygen atoms in total. The van der Waals surface area contributed by atoms with E-state index >= 15 is 0 Å². The summed E-state index contributed by atoms with van der Waals surface area (Å²) in [5, 5.41) is 3.59. The fourth-order valence-corrected chi connectivity index (χ4v) is 4.07. The minimum Gasteiger partial charge on any atom is -0.444 e. The first-order valence-electron chi connectivity index (χ1n) is 10.1. The summed E-state index contributed by atoms with van der Waals surface area (Å²) in [7, 11) is 0. The number of halogens is 1. The Kier molecular flexibility index (Phi) is 8.03. The Labute approximate surface area is 180 Å². The first-order chi connectivity index (χ1) is 12.4. The van der Waals surface area contributed by atoms with Crippen molar-refractivity contribution in [3.63, 3.8) is 0 Å². The van der Waals surface area contributed by atoms with E-state index in [4.69, 9.17) is 9.73 Å². The van der Waals surface area contributed by atoms with Crippen molar-refractivity contribution >= 4 is 36.0 Å². The minimum absolute atomic E-state index is 0. The van der Waals surface area contributed by atoms with Crippen LogP contribution in [-0.4, -0.2) is 90.3 Å². The highest BCUT2D eigenvalue weighted by atomic mass is 127. The van der Waals surface area contributed by atoms with E-state index in [-0.39, 0.29) is 36.1 Å². The average Bonchev–Trinajstić information content (AvgIpc) is 3.23. The zero-order valence-corrected chi connectivity index (χ0v) is 19.6. The monoisotopic (exact) mass is 493 g/mol. The maximum absolute atomic E-state index is 12.3. The SMILES string of the molecule is CCC(CNC1=NCC2CN(C(=O)OC(C)(C)C)CCN12)N1CCCC1.I. The van der Waals surface area contributed by atoms with Gasteiger partial charge in [-0.3, -0.25) is 9.89 Å². The maximum atomic E-state index is 12.3. The number of ether oxygens (including phenoxy) is 1. The molecule has 2 unspecified atom stereocenters. The second-order valence-electron chi connectivity index (χ2n) is 8.62. The van der Waals surface area contributed by atoms with Gasteiger partial charge in [0.25, 0.3) is 0 Å². The lowest BCUT2D eigenvalue weighted by molar-refractivity contribution is 0.0137. The lowest BCUT2D eigenvalue weighted by atomic mass is 10.2. The van der Waals surface area contributed by atoms with Gasteiger partial charge in [-0.1, -0.05) is 6.92 Å². The van der Waals surface area contributed by atoms with Crippen LogP contribution in [0, 0.1) is 0 Å². The normalized spacial score (nSPS) is 24.1. The predicted octanol–water partition coefficient (Wildman–Crippen LogP) is 2.36. The number of carbonyl (C=O) groups is 1. The predicted molar refractivity (Wildman–Crippen MR) is 119 cm³/mol. The van der Waals surface area contributed by atoms with Gasteiger partial charge in [-0.05, 0) is 53.1 Å². The number of guanidine groups is 1. The zero-order chi connectivity index (χ0) is 18.7. The summed E-state index contributed by atoms with van der Waals surface area (Å²) < 4.78 is 5.51. The molecule has 3 heterocycles. The molecule has 8 heteroatoms. The third kappa shape index (κ3) is 5.85. The van der Waals surface area contributed by atoms with Crippen molar-refractivity contribution in [2.45, 2.75) is 64.6 Å². The molecule has 1 amide bonds. The van der Waals surface area contributed by atoms with Crippen LogP contribution in [0.4, 0.5) is 4.79 Å². The first-order valence-corrected chi connectivity index (χ1v) is 10.1. The molecule has 0 spiro atoms. The van der Waals surface area contributed by atoms with E-state index < -0.39 is 5.60 Å². The summed E-state index contributed by atoms with van der Waals surface area (Å²) in [6, 6.07) is 0.855. The molecule has 0 bridgehead atoms. The fourth-order valence-electron chi connectivity index (χ4n) is 4.07. The van der Waals surface area contributed by atoms with Gasteiger partial charge >= 0.3 is 6.09 Å². The van der Waals surface area contributed by atoms with Gasteiger partial charge in [-0.25, -0.2) is 4.79 Å². The molecule has 2 saturated heterocycles. The van der Waals surface area contributed by atoms with Crippen LogP contribution >= 0.6 is 24.0 Å². The van der Waals surface area contributed by atoms with Crippen LogP contribution in [0.25, 0.3) is 0 Å². The summed E-state index contributed by atoms with van der Waals surface area (Å²) in [6.45, 7) is 14.3. The molecule has 156 valence electrons. The standard InChI is InChI=1S/C19H35N5O2.HI/c1-5-15(22-8-6-7-9-22)12-20-17-21-13-16-14-23(10-11-24(16)17)18(25)26-19(2,3)4;/h15-16H,5-14H2,1-4H3,(H,20,21);1H. The molecule has 2 fully saturated rings.